The third kappa shape index (κ3) is 4.21. The van der Waals surface area contributed by atoms with Gasteiger partial charge in [0.25, 0.3) is 0 Å². The maximum Gasteiger partial charge on any atom is 0.416 e. The molecule has 0 unspecified atom stereocenters. The summed E-state index contributed by atoms with van der Waals surface area (Å²) in [5, 5.41) is 0. The van der Waals surface area contributed by atoms with Gasteiger partial charge >= 0.3 is 12.4 Å². The van der Waals surface area contributed by atoms with Gasteiger partial charge in [0, 0.05) is 6.42 Å². The molecule has 0 nitrogen and oxygen atoms in total. The molecule has 0 bridgehead atoms. The van der Waals surface area contributed by atoms with Gasteiger partial charge in [0.05, 0.1) is 11.1 Å². The van der Waals surface area contributed by atoms with E-state index in [4.69, 9.17) is 0 Å². The second-order valence-electron chi connectivity index (χ2n) is 8.24. The van der Waals surface area contributed by atoms with Crippen LogP contribution in [0.2, 0.25) is 0 Å². The van der Waals surface area contributed by atoms with Crippen molar-refractivity contribution in [2.24, 2.45) is 5.41 Å². The zero-order chi connectivity index (χ0) is 21.8. The summed E-state index contributed by atoms with van der Waals surface area (Å²) < 4.78 is 80.0. The number of aryl methyl sites for hydroxylation is 1. The lowest BCUT2D eigenvalue weighted by Gasteiger charge is -2.19. The van der Waals surface area contributed by atoms with Crippen molar-refractivity contribution >= 4 is 6.08 Å². The first-order chi connectivity index (χ1) is 13.2. The van der Waals surface area contributed by atoms with E-state index in [0.29, 0.717) is 23.1 Å². The van der Waals surface area contributed by atoms with Gasteiger partial charge in [-0.05, 0) is 57.9 Å². The fourth-order valence-corrected chi connectivity index (χ4v) is 3.49. The van der Waals surface area contributed by atoms with Crippen LogP contribution in [0, 0.1) is 11.8 Å². The third-order valence-electron chi connectivity index (χ3n) is 5.10. The molecule has 29 heavy (non-hydrogen) atoms. The van der Waals surface area contributed by atoms with Crippen LogP contribution in [0.1, 0.15) is 55.5 Å². The van der Waals surface area contributed by atoms with E-state index in [1.165, 1.54) is 0 Å². The quantitative estimate of drug-likeness (QED) is 0.440. The highest BCUT2D eigenvalue weighted by atomic mass is 19.4. The van der Waals surface area contributed by atoms with Gasteiger partial charge in [-0.3, -0.25) is 0 Å². The molecular weight excluding hydrogens is 390 g/mol. The topological polar surface area (TPSA) is 0 Å². The summed E-state index contributed by atoms with van der Waals surface area (Å²) in [7, 11) is 0. The van der Waals surface area contributed by atoms with Crippen molar-refractivity contribution in [1.82, 2.24) is 0 Å². The highest BCUT2D eigenvalue weighted by Crippen LogP contribution is 2.45. The number of hydrogen-bond acceptors (Lipinski definition) is 0. The second-order valence-corrected chi connectivity index (χ2v) is 8.24. The van der Waals surface area contributed by atoms with Gasteiger partial charge in [0.1, 0.15) is 0 Å². The Kier molecular flexibility index (Phi) is 5.13. The van der Waals surface area contributed by atoms with Crippen molar-refractivity contribution in [1.29, 1.82) is 0 Å². The molecule has 2 aromatic carbocycles. The lowest BCUT2D eigenvalue weighted by Crippen LogP contribution is -2.11. The number of halogens is 6. The van der Waals surface area contributed by atoms with Crippen molar-refractivity contribution in [3.05, 3.63) is 70.1 Å². The van der Waals surface area contributed by atoms with Gasteiger partial charge in [-0.15, -0.1) is 0 Å². The molecular formula is C23H21F6. The molecule has 0 saturated carbocycles. The van der Waals surface area contributed by atoms with E-state index < -0.39 is 23.5 Å². The van der Waals surface area contributed by atoms with Crippen LogP contribution in [0.4, 0.5) is 26.3 Å². The fourth-order valence-electron chi connectivity index (χ4n) is 3.49. The molecule has 1 radical (unpaired) electrons. The minimum Gasteiger partial charge on any atom is -0.166 e. The first-order valence-corrected chi connectivity index (χ1v) is 9.24. The summed E-state index contributed by atoms with van der Waals surface area (Å²) in [6, 6.07) is 5.43. The summed E-state index contributed by atoms with van der Waals surface area (Å²) >= 11 is 0. The molecule has 0 spiro atoms. The number of allylic oxidation sites excluding steroid dienone is 1. The minimum absolute atomic E-state index is 0.0688. The average molecular weight is 411 g/mol. The number of hydrogen-bond donors (Lipinski definition) is 0. The molecule has 0 aliphatic heterocycles. The Labute approximate surface area is 166 Å². The Morgan fingerprint density at radius 1 is 0.793 bits per heavy atom. The molecule has 0 saturated heterocycles. The minimum atomic E-state index is -4.88. The van der Waals surface area contributed by atoms with Crippen molar-refractivity contribution in [2.45, 2.75) is 46.5 Å². The molecule has 6 heteroatoms. The normalized spacial score (nSPS) is 14.8. The van der Waals surface area contributed by atoms with Crippen molar-refractivity contribution < 1.29 is 26.3 Å². The van der Waals surface area contributed by atoms with Crippen LogP contribution in [0.15, 0.2) is 35.9 Å². The predicted octanol–water partition coefficient (Wildman–Crippen LogP) is 7.95. The first kappa shape index (κ1) is 21.5. The van der Waals surface area contributed by atoms with E-state index in [2.05, 4.69) is 0 Å². The second kappa shape index (κ2) is 6.92. The van der Waals surface area contributed by atoms with E-state index in [1.54, 1.807) is 6.07 Å². The highest BCUT2D eigenvalue weighted by molar-refractivity contribution is 5.86. The van der Waals surface area contributed by atoms with Crippen LogP contribution in [0.25, 0.3) is 17.2 Å². The molecule has 0 amide bonds. The molecule has 1 aliphatic carbocycles. The van der Waals surface area contributed by atoms with Crippen molar-refractivity contribution in [3.63, 3.8) is 0 Å². The zero-order valence-corrected chi connectivity index (χ0v) is 16.5. The molecule has 0 fully saturated rings. The molecule has 0 heterocycles. The monoisotopic (exact) mass is 411 g/mol. The zero-order valence-electron chi connectivity index (χ0n) is 16.5. The highest BCUT2D eigenvalue weighted by Gasteiger charge is 2.37. The van der Waals surface area contributed by atoms with E-state index in [9.17, 15) is 26.3 Å². The van der Waals surface area contributed by atoms with Crippen LogP contribution < -0.4 is 0 Å². The summed E-state index contributed by atoms with van der Waals surface area (Å²) in [6.07, 6.45) is -5.45. The van der Waals surface area contributed by atoms with Crippen LogP contribution in [-0.4, -0.2) is 0 Å². The Bertz CT molecular complexity index is 936. The summed E-state index contributed by atoms with van der Waals surface area (Å²) in [5.41, 5.74) is 0.703. The summed E-state index contributed by atoms with van der Waals surface area (Å²) in [6.45, 7) is 7.85. The Morgan fingerprint density at radius 2 is 1.34 bits per heavy atom. The summed E-state index contributed by atoms with van der Waals surface area (Å²) in [5.74, 6) is 0. The molecule has 2 aromatic rings. The Balaban J connectivity index is 2.32. The van der Waals surface area contributed by atoms with Crippen LogP contribution >= 0.6 is 0 Å². The van der Waals surface area contributed by atoms with Gasteiger partial charge in [-0.25, -0.2) is 0 Å². The maximum atomic E-state index is 13.3. The summed E-state index contributed by atoms with van der Waals surface area (Å²) in [4.78, 5) is 0. The number of rotatable bonds is 2. The number of fused-ring (bicyclic) bond motifs is 1. The Hall–Kier alpha value is -2.24. The number of alkyl halides is 6. The van der Waals surface area contributed by atoms with Crippen molar-refractivity contribution in [2.75, 3.05) is 0 Å². The lowest BCUT2D eigenvalue weighted by molar-refractivity contribution is -0.143. The van der Waals surface area contributed by atoms with Gasteiger partial charge in [0.15, 0.2) is 0 Å². The van der Waals surface area contributed by atoms with Gasteiger partial charge in [-0.2, -0.15) is 26.3 Å². The van der Waals surface area contributed by atoms with Crippen LogP contribution in [-0.2, 0) is 18.8 Å². The van der Waals surface area contributed by atoms with Crippen molar-refractivity contribution in [3.8, 4) is 11.1 Å². The SMILES string of the molecule is CCc1ccc2c(c1-c1cc(C(F)(F)F)cc(C(F)(F)F)c1)C=C(C(C)(C)C)[CH]2. The van der Waals surface area contributed by atoms with Crippen LogP contribution in [0.5, 0.6) is 0 Å². The molecule has 0 aromatic heterocycles. The van der Waals surface area contributed by atoms with Gasteiger partial charge in [0.2, 0.25) is 0 Å². The average Bonchev–Trinajstić information content (AvgIpc) is 3.03. The molecule has 0 N–H and O–H groups in total. The predicted molar refractivity (Wildman–Crippen MR) is 102 cm³/mol. The van der Waals surface area contributed by atoms with E-state index in [1.807, 2.05) is 46.3 Å². The van der Waals surface area contributed by atoms with Crippen LogP contribution in [0.3, 0.4) is 0 Å². The molecule has 1 aliphatic rings. The third-order valence-corrected chi connectivity index (χ3v) is 5.10. The molecule has 155 valence electrons. The maximum absolute atomic E-state index is 13.3. The van der Waals surface area contributed by atoms with Gasteiger partial charge < -0.3 is 0 Å². The van der Waals surface area contributed by atoms with E-state index in [-0.39, 0.29) is 17.0 Å². The molecule has 3 rings (SSSR count). The number of benzene rings is 2. The van der Waals surface area contributed by atoms with E-state index >= 15 is 0 Å². The fraction of sp³-hybridized carbons (Fsp3) is 0.348. The smallest absolute Gasteiger partial charge is 0.166 e. The largest absolute Gasteiger partial charge is 0.416 e. The first-order valence-electron chi connectivity index (χ1n) is 9.24. The Morgan fingerprint density at radius 3 is 1.79 bits per heavy atom. The standard InChI is InChI=1S/C23H21F6/c1-5-13-6-7-14-8-16(21(2,3)4)12-19(14)20(13)15-9-17(22(24,25)26)11-18(10-15)23(27,28)29/h6-12H,5H2,1-4H3. The molecule has 0 atom stereocenters. The van der Waals surface area contributed by atoms with E-state index in [0.717, 1.165) is 23.3 Å². The van der Waals surface area contributed by atoms with Gasteiger partial charge in [-0.1, -0.05) is 51.5 Å². The lowest BCUT2D eigenvalue weighted by atomic mass is 9.85.